The summed E-state index contributed by atoms with van der Waals surface area (Å²) < 4.78 is 5.86. The number of nitrogens with zero attached hydrogens (tertiary/aromatic N) is 1. The van der Waals surface area contributed by atoms with Crippen LogP contribution in [0, 0.1) is 16.7 Å². The van der Waals surface area contributed by atoms with Crippen LogP contribution in [0.15, 0.2) is 53.5 Å². The van der Waals surface area contributed by atoms with Gasteiger partial charge in [-0.15, -0.1) is 0 Å². The van der Waals surface area contributed by atoms with E-state index in [4.69, 9.17) is 15.5 Å². The number of hydrogen-bond donors (Lipinski definition) is 1. The lowest BCUT2D eigenvalue weighted by molar-refractivity contribution is 0.194. The zero-order valence-corrected chi connectivity index (χ0v) is 15.3. The van der Waals surface area contributed by atoms with Gasteiger partial charge in [-0.1, -0.05) is 20.8 Å². The van der Waals surface area contributed by atoms with Crippen molar-refractivity contribution in [2.24, 2.45) is 21.7 Å². The Morgan fingerprint density at radius 1 is 0.960 bits per heavy atom. The van der Waals surface area contributed by atoms with Crippen molar-refractivity contribution in [3.63, 3.8) is 0 Å². The maximum absolute atomic E-state index is 5.86. The van der Waals surface area contributed by atoms with Gasteiger partial charge in [0.1, 0.15) is 11.5 Å². The van der Waals surface area contributed by atoms with Gasteiger partial charge in [0.25, 0.3) is 0 Å². The highest BCUT2D eigenvalue weighted by Gasteiger charge is 2.59. The van der Waals surface area contributed by atoms with Gasteiger partial charge < -0.3 is 10.5 Å². The summed E-state index contributed by atoms with van der Waals surface area (Å²) in [7, 11) is 0. The van der Waals surface area contributed by atoms with Gasteiger partial charge in [-0.3, -0.25) is 4.99 Å². The molecule has 0 aliphatic heterocycles. The van der Waals surface area contributed by atoms with Gasteiger partial charge in [0.2, 0.25) is 0 Å². The van der Waals surface area contributed by atoms with E-state index in [9.17, 15) is 0 Å². The molecule has 0 heterocycles. The van der Waals surface area contributed by atoms with Crippen LogP contribution in [0.3, 0.4) is 0 Å². The molecule has 0 radical (unpaired) electrons. The number of benzene rings is 2. The van der Waals surface area contributed by atoms with Gasteiger partial charge in [0.15, 0.2) is 0 Å². The number of anilines is 1. The second-order valence-electron chi connectivity index (χ2n) is 8.22. The minimum atomic E-state index is 0.247. The summed E-state index contributed by atoms with van der Waals surface area (Å²) in [4.78, 5) is 5.01. The summed E-state index contributed by atoms with van der Waals surface area (Å²) in [5.41, 5.74) is 9.45. The zero-order chi connectivity index (χ0) is 17.7. The summed E-state index contributed by atoms with van der Waals surface area (Å²) in [6.07, 6.45) is 3.76. The fourth-order valence-corrected chi connectivity index (χ4v) is 4.51. The largest absolute Gasteiger partial charge is 0.457 e. The topological polar surface area (TPSA) is 47.6 Å². The molecule has 2 aliphatic carbocycles. The zero-order valence-electron chi connectivity index (χ0n) is 15.3. The van der Waals surface area contributed by atoms with E-state index in [0.717, 1.165) is 35.2 Å². The number of rotatable bonds is 3. The van der Waals surface area contributed by atoms with E-state index in [1.165, 1.54) is 18.6 Å². The predicted molar refractivity (Wildman–Crippen MR) is 104 cm³/mol. The van der Waals surface area contributed by atoms with Crippen LogP contribution in [-0.2, 0) is 0 Å². The molecular weight excluding hydrogens is 308 g/mol. The SMILES string of the molecule is CC1(C)[C@@H]2CC[C@@]1(C)C(=Nc1ccc(Oc3ccc(N)cc3)cc1)C2. The molecule has 0 spiro atoms. The van der Waals surface area contributed by atoms with Crippen LogP contribution < -0.4 is 10.5 Å². The normalized spacial score (nSPS) is 28.4. The Morgan fingerprint density at radius 2 is 1.56 bits per heavy atom. The number of aliphatic imine (C=N–C) groups is 1. The van der Waals surface area contributed by atoms with Crippen LogP contribution in [0.5, 0.6) is 11.5 Å². The van der Waals surface area contributed by atoms with Crippen molar-refractivity contribution in [2.45, 2.75) is 40.0 Å². The smallest absolute Gasteiger partial charge is 0.127 e. The lowest BCUT2D eigenvalue weighted by Gasteiger charge is -2.34. The molecule has 2 bridgehead atoms. The van der Waals surface area contributed by atoms with E-state index in [1.807, 2.05) is 48.5 Å². The predicted octanol–water partition coefficient (Wildman–Crippen LogP) is 5.98. The molecule has 0 amide bonds. The van der Waals surface area contributed by atoms with E-state index in [-0.39, 0.29) is 5.41 Å². The summed E-state index contributed by atoms with van der Waals surface area (Å²) >= 11 is 0. The number of hydrogen-bond acceptors (Lipinski definition) is 3. The molecule has 2 aromatic carbocycles. The first-order valence-corrected chi connectivity index (χ1v) is 9.10. The number of nitrogens with two attached hydrogens (primary N) is 1. The molecule has 0 saturated heterocycles. The van der Waals surface area contributed by atoms with Crippen molar-refractivity contribution in [3.05, 3.63) is 48.5 Å². The quantitative estimate of drug-likeness (QED) is 0.702. The van der Waals surface area contributed by atoms with E-state index in [1.54, 1.807) is 0 Å². The Kier molecular flexibility index (Phi) is 3.64. The molecule has 0 unspecified atom stereocenters. The van der Waals surface area contributed by atoms with Crippen molar-refractivity contribution in [1.29, 1.82) is 0 Å². The number of ether oxygens (including phenoxy) is 1. The minimum Gasteiger partial charge on any atom is -0.457 e. The molecule has 3 nitrogen and oxygen atoms in total. The Bertz CT molecular complexity index is 805. The molecule has 2 aromatic rings. The summed E-state index contributed by atoms with van der Waals surface area (Å²) in [5.74, 6) is 2.38. The second kappa shape index (κ2) is 5.62. The fraction of sp³-hybridized carbons (Fsp3) is 0.409. The molecule has 3 heteroatoms. The molecular formula is C22H26N2O. The maximum Gasteiger partial charge on any atom is 0.127 e. The molecule has 0 aromatic heterocycles. The van der Waals surface area contributed by atoms with Crippen LogP contribution in [0.4, 0.5) is 11.4 Å². The lowest BCUT2D eigenvalue weighted by Crippen LogP contribution is -2.32. The Morgan fingerprint density at radius 3 is 2.08 bits per heavy atom. The standard InChI is InChI=1S/C22H26N2O/c1-21(2)15-12-13-22(21,3)20(14-15)24-17-6-10-19(11-7-17)25-18-8-4-16(23)5-9-18/h4-11,15H,12-14,23H2,1-3H3/t15-,22+/m1/s1. The highest BCUT2D eigenvalue weighted by molar-refractivity contribution is 5.96. The van der Waals surface area contributed by atoms with E-state index in [0.29, 0.717) is 5.41 Å². The summed E-state index contributed by atoms with van der Waals surface area (Å²) in [5, 5.41) is 0. The van der Waals surface area contributed by atoms with E-state index in [2.05, 4.69) is 20.8 Å². The van der Waals surface area contributed by atoms with Gasteiger partial charge in [0.05, 0.1) is 5.69 Å². The number of nitrogen functional groups attached to an aromatic ring is 1. The first kappa shape index (κ1) is 16.2. The molecule has 2 fully saturated rings. The van der Waals surface area contributed by atoms with Gasteiger partial charge >= 0.3 is 0 Å². The second-order valence-corrected chi connectivity index (χ2v) is 8.22. The van der Waals surface area contributed by atoms with Crippen LogP contribution in [-0.4, -0.2) is 5.71 Å². The number of fused-ring (bicyclic) bond motifs is 2. The Labute approximate surface area is 149 Å². The van der Waals surface area contributed by atoms with Crippen LogP contribution in [0.1, 0.15) is 40.0 Å². The van der Waals surface area contributed by atoms with Gasteiger partial charge in [-0.25, -0.2) is 0 Å². The van der Waals surface area contributed by atoms with E-state index < -0.39 is 0 Å². The molecule has 2 N–H and O–H groups in total. The van der Waals surface area contributed by atoms with E-state index >= 15 is 0 Å². The molecule has 130 valence electrons. The summed E-state index contributed by atoms with van der Waals surface area (Å²) in [6, 6.07) is 15.5. The first-order valence-electron chi connectivity index (χ1n) is 9.10. The molecule has 25 heavy (non-hydrogen) atoms. The highest BCUT2D eigenvalue weighted by Crippen LogP contribution is 2.64. The average molecular weight is 334 g/mol. The van der Waals surface area contributed by atoms with Gasteiger partial charge in [-0.2, -0.15) is 0 Å². The first-order chi connectivity index (χ1) is 11.9. The van der Waals surface area contributed by atoms with Crippen molar-refractivity contribution < 1.29 is 4.74 Å². The molecule has 2 atom stereocenters. The monoisotopic (exact) mass is 334 g/mol. The van der Waals surface area contributed by atoms with Crippen molar-refractivity contribution >= 4 is 17.1 Å². The molecule has 2 aliphatic rings. The van der Waals surface area contributed by atoms with Crippen molar-refractivity contribution in [3.8, 4) is 11.5 Å². The third kappa shape index (κ3) is 2.62. The van der Waals surface area contributed by atoms with Gasteiger partial charge in [-0.05, 0) is 79.1 Å². The highest BCUT2D eigenvalue weighted by atomic mass is 16.5. The van der Waals surface area contributed by atoms with Crippen LogP contribution in [0.25, 0.3) is 0 Å². The third-order valence-electron chi connectivity index (χ3n) is 6.73. The summed E-state index contributed by atoms with van der Waals surface area (Å²) in [6.45, 7) is 7.23. The minimum absolute atomic E-state index is 0.247. The Hall–Kier alpha value is -2.29. The van der Waals surface area contributed by atoms with Crippen molar-refractivity contribution in [2.75, 3.05) is 5.73 Å². The molecule has 4 rings (SSSR count). The maximum atomic E-state index is 5.86. The van der Waals surface area contributed by atoms with Crippen LogP contribution >= 0.6 is 0 Å². The molecule has 2 saturated carbocycles. The third-order valence-corrected chi connectivity index (χ3v) is 6.73. The Balaban J connectivity index is 1.52. The fourth-order valence-electron chi connectivity index (χ4n) is 4.51. The lowest BCUT2D eigenvalue weighted by atomic mass is 9.70. The van der Waals surface area contributed by atoms with Crippen molar-refractivity contribution in [1.82, 2.24) is 0 Å². The van der Waals surface area contributed by atoms with Crippen LogP contribution in [0.2, 0.25) is 0 Å². The van der Waals surface area contributed by atoms with Gasteiger partial charge in [0, 0.05) is 16.8 Å². The average Bonchev–Trinajstić information content (AvgIpc) is 2.92.